The summed E-state index contributed by atoms with van der Waals surface area (Å²) in [6.45, 7) is 9.46. The topological polar surface area (TPSA) is 216 Å². The molecule has 9 rings (SSSR count). The maximum absolute atomic E-state index is 14.3. The zero-order chi connectivity index (χ0) is 46.3. The van der Waals surface area contributed by atoms with Crippen LogP contribution in [0.3, 0.4) is 0 Å². The van der Waals surface area contributed by atoms with Crippen molar-refractivity contribution in [2.24, 2.45) is 11.3 Å². The fourth-order valence-corrected chi connectivity index (χ4v) is 11.1. The van der Waals surface area contributed by atoms with Crippen molar-refractivity contribution in [2.75, 3.05) is 35.2 Å². The molecule has 4 aliphatic rings. The fourth-order valence-electron chi connectivity index (χ4n) is 10.3. The van der Waals surface area contributed by atoms with Gasteiger partial charge in [-0.2, -0.15) is 0 Å². The van der Waals surface area contributed by atoms with Crippen molar-refractivity contribution in [1.29, 1.82) is 0 Å². The second-order valence-electron chi connectivity index (χ2n) is 19.4. The number of amides is 3. The maximum atomic E-state index is 14.3. The number of carbonyl (C=O) groups is 3. The van der Waals surface area contributed by atoms with Crippen molar-refractivity contribution < 1.29 is 24.6 Å². The molecule has 3 aliphatic heterocycles. The first-order valence-electron chi connectivity index (χ1n) is 23.1. The average molecular weight is 914 g/mol. The van der Waals surface area contributed by atoms with Crippen LogP contribution in [0.4, 0.5) is 17.3 Å². The van der Waals surface area contributed by atoms with E-state index in [4.69, 9.17) is 15.7 Å². The second kappa shape index (κ2) is 18.6. The number of piperazine rings is 1. The van der Waals surface area contributed by atoms with Crippen molar-refractivity contribution in [2.45, 2.75) is 115 Å². The molecule has 0 spiro atoms. The lowest BCUT2D eigenvalue weighted by atomic mass is 9.80. The molecule has 6 N–H and O–H groups in total. The van der Waals surface area contributed by atoms with Crippen LogP contribution < -0.4 is 26.2 Å². The predicted molar refractivity (Wildman–Crippen MR) is 253 cm³/mol. The quantitative estimate of drug-likeness (QED) is 0.109. The van der Waals surface area contributed by atoms with Gasteiger partial charge in [0.25, 0.3) is 0 Å². The molecular weight excluding hydrogens is 855 g/mol. The van der Waals surface area contributed by atoms with Gasteiger partial charge in [-0.3, -0.25) is 14.4 Å². The van der Waals surface area contributed by atoms with Gasteiger partial charge in [0.15, 0.2) is 5.82 Å². The molecule has 2 unspecified atom stereocenters. The number of β-amino-alcohol motifs (C(OH)–C–C–N with tert-alkyl or cyclic N) is 1. The molecule has 3 aromatic heterocycles. The first-order valence-corrected chi connectivity index (χ1v) is 23.9. The van der Waals surface area contributed by atoms with Gasteiger partial charge in [0.05, 0.1) is 33.6 Å². The molecule has 4 fully saturated rings. The zero-order valence-corrected chi connectivity index (χ0v) is 38.7. The smallest absolute Gasteiger partial charge is 0.246 e. The first-order chi connectivity index (χ1) is 31.7. The first kappa shape index (κ1) is 45.0. The number of nitrogen functional groups attached to an aromatic ring is 1. The van der Waals surface area contributed by atoms with Crippen molar-refractivity contribution >= 4 is 46.4 Å². The van der Waals surface area contributed by atoms with Gasteiger partial charge in [0.1, 0.15) is 29.5 Å². The number of phenolic OH excluding ortho intramolecular Hbond substituents is 1. The number of fused-ring (bicyclic) bond motifs is 2. The largest absolute Gasteiger partial charge is 0.507 e. The number of aliphatic hydroxyl groups is 1. The minimum atomic E-state index is -0.896. The lowest BCUT2D eigenvalue weighted by molar-refractivity contribution is -0.144. The highest BCUT2D eigenvalue weighted by Gasteiger charge is 2.46. The van der Waals surface area contributed by atoms with Gasteiger partial charge >= 0.3 is 0 Å². The highest BCUT2D eigenvalue weighted by molar-refractivity contribution is 7.13. The number of para-hydroxylation sites is 1. The third kappa shape index (κ3) is 9.27. The van der Waals surface area contributed by atoms with Gasteiger partial charge in [-0.25, -0.2) is 15.0 Å². The number of rotatable bonds is 11. The van der Waals surface area contributed by atoms with E-state index < -0.39 is 23.6 Å². The number of aryl methyl sites for hydroxylation is 1. The number of hydrogen-bond acceptors (Lipinski definition) is 14. The summed E-state index contributed by atoms with van der Waals surface area (Å²) in [5.41, 5.74) is 12.5. The SMILES string of the molecule is Cc1ncsc1-c1ccc(CNC(=O)[C@@H]2C[C@@H](O)CN2C(=O)[C@@H](NC(=O)[C@H]2CC[C@@H](c3nccc(N4C5CCC4CN(c4cc(-c6ccccc6O)nnc4N)C5)n3)CC2)C(C)(C)C)cc1. The predicted octanol–water partition coefficient (Wildman–Crippen LogP) is 5.59. The fraction of sp³-hybridized carbons (Fsp3) is 0.469. The Morgan fingerprint density at radius 1 is 0.909 bits per heavy atom. The van der Waals surface area contributed by atoms with Crippen LogP contribution in [0, 0.1) is 18.3 Å². The molecule has 3 amide bonds. The second-order valence-corrected chi connectivity index (χ2v) is 20.3. The number of phenols is 1. The van der Waals surface area contributed by atoms with Crippen molar-refractivity contribution in [1.82, 2.24) is 40.7 Å². The highest BCUT2D eigenvalue weighted by Crippen LogP contribution is 2.40. The van der Waals surface area contributed by atoms with Gasteiger partial charge < -0.3 is 41.3 Å². The number of likely N-dealkylation sites (tertiary alicyclic amines) is 1. The number of aromatic hydroxyl groups is 1. The van der Waals surface area contributed by atoms with Crippen molar-refractivity contribution in [3.8, 4) is 27.4 Å². The Balaban J connectivity index is 0.800. The molecule has 2 bridgehead atoms. The van der Waals surface area contributed by atoms with E-state index in [1.165, 1.54) is 4.90 Å². The van der Waals surface area contributed by atoms with Crippen LogP contribution >= 0.6 is 11.3 Å². The normalized spacial score (nSPS) is 23.4. The van der Waals surface area contributed by atoms with E-state index in [1.807, 2.05) is 87.9 Å². The minimum Gasteiger partial charge on any atom is -0.507 e. The third-order valence-corrected chi connectivity index (χ3v) is 14.9. The third-order valence-electron chi connectivity index (χ3n) is 13.9. The van der Waals surface area contributed by atoms with E-state index >= 15 is 0 Å². The summed E-state index contributed by atoms with van der Waals surface area (Å²) in [7, 11) is 0. The zero-order valence-electron chi connectivity index (χ0n) is 37.9. The van der Waals surface area contributed by atoms with E-state index in [0.717, 1.165) is 77.8 Å². The van der Waals surface area contributed by atoms with E-state index in [9.17, 15) is 24.6 Å². The molecule has 16 nitrogen and oxygen atoms in total. The summed E-state index contributed by atoms with van der Waals surface area (Å²) in [4.78, 5) is 63.4. The molecule has 5 aromatic rings. The average Bonchev–Trinajstić information content (AvgIpc) is 4.01. The monoisotopic (exact) mass is 913 g/mol. The molecule has 1 saturated carbocycles. The Morgan fingerprint density at radius 2 is 1.64 bits per heavy atom. The summed E-state index contributed by atoms with van der Waals surface area (Å²) >= 11 is 1.58. The Labute approximate surface area is 389 Å². The van der Waals surface area contributed by atoms with Crippen LogP contribution in [-0.4, -0.2) is 108 Å². The number of aliphatic hydroxyl groups excluding tert-OH is 1. The summed E-state index contributed by atoms with van der Waals surface area (Å²) < 4.78 is 0. The van der Waals surface area contributed by atoms with Crippen LogP contribution in [0.1, 0.15) is 88.7 Å². The molecule has 17 heteroatoms. The lowest BCUT2D eigenvalue weighted by Gasteiger charge is -2.43. The van der Waals surface area contributed by atoms with Crippen molar-refractivity contribution in [3.05, 3.63) is 89.5 Å². The van der Waals surface area contributed by atoms with Gasteiger partial charge in [0, 0.05) is 68.3 Å². The highest BCUT2D eigenvalue weighted by atomic mass is 32.1. The van der Waals surface area contributed by atoms with Gasteiger partial charge in [-0.1, -0.05) is 57.2 Å². The Hall–Kier alpha value is -6.20. The van der Waals surface area contributed by atoms with E-state index in [0.29, 0.717) is 29.9 Å². The van der Waals surface area contributed by atoms with Crippen LogP contribution in [-0.2, 0) is 20.9 Å². The summed E-state index contributed by atoms with van der Waals surface area (Å²) in [5.74, 6) is 1.10. The molecule has 2 aromatic carbocycles. The number of anilines is 3. The molecule has 346 valence electrons. The van der Waals surface area contributed by atoms with Gasteiger partial charge in [0.2, 0.25) is 17.7 Å². The summed E-state index contributed by atoms with van der Waals surface area (Å²) in [5, 5.41) is 35.8. The van der Waals surface area contributed by atoms with E-state index in [2.05, 4.69) is 35.6 Å². The molecule has 5 atom stereocenters. The number of carbonyl (C=O) groups excluding carboxylic acids is 3. The summed E-state index contributed by atoms with van der Waals surface area (Å²) in [6, 6.07) is 17.6. The number of nitrogens with one attached hydrogen (secondary N) is 2. The number of benzene rings is 2. The standard InChI is InChI=1S/C49H59N11O5S/c1-28-42(66-27-53-28)30-11-9-29(10-12-30)23-52-47(64)39-21-35(61)26-59(39)48(65)43(49(2,3)4)55-46(63)32-15-13-31(14-16-32)45-51-20-19-41(54-45)60-33-17-18-34(60)25-58(24-33)38-22-37(56-57-44(38)50)36-7-5-6-8-40(36)62/h5-12,19-20,22,27,31-35,39,43,61-62H,13-18,21,23-26H2,1-4H3,(H2,50,57)(H,52,64)(H,55,63)/t31-,32+,33?,34?,35-,39+,43-/m1/s1. The van der Waals surface area contributed by atoms with Crippen LogP contribution in [0.15, 0.2) is 72.4 Å². The van der Waals surface area contributed by atoms with Gasteiger partial charge in [-0.15, -0.1) is 21.5 Å². The minimum absolute atomic E-state index is 0.0161. The Morgan fingerprint density at radius 3 is 2.32 bits per heavy atom. The van der Waals surface area contributed by atoms with E-state index in [-0.39, 0.29) is 66.9 Å². The lowest BCUT2D eigenvalue weighted by Crippen LogP contribution is -2.58. The number of thiazole rings is 1. The van der Waals surface area contributed by atoms with Crippen LogP contribution in [0.5, 0.6) is 5.75 Å². The van der Waals surface area contributed by atoms with Crippen LogP contribution in [0.25, 0.3) is 21.7 Å². The molecule has 66 heavy (non-hydrogen) atoms. The molecule has 1 aliphatic carbocycles. The Bertz CT molecular complexity index is 2560. The Kier molecular flexibility index (Phi) is 12.7. The summed E-state index contributed by atoms with van der Waals surface area (Å²) in [6.07, 6.45) is 5.86. The van der Waals surface area contributed by atoms with Crippen LogP contribution in [0.2, 0.25) is 0 Å². The number of nitrogens with two attached hydrogens (primary N) is 1. The molecule has 6 heterocycles. The molecule has 0 radical (unpaired) electrons. The van der Waals surface area contributed by atoms with Crippen molar-refractivity contribution in [3.63, 3.8) is 0 Å². The number of hydrogen-bond donors (Lipinski definition) is 5. The van der Waals surface area contributed by atoms with E-state index in [1.54, 1.807) is 23.5 Å². The number of nitrogens with zero attached hydrogens (tertiary/aromatic N) is 8. The molecule has 3 saturated heterocycles. The number of aromatic nitrogens is 5. The maximum Gasteiger partial charge on any atom is 0.246 e. The molecular formula is C49H59N11O5S. The van der Waals surface area contributed by atoms with Gasteiger partial charge in [-0.05, 0) is 86.3 Å².